The molecule has 12 heteroatoms. The van der Waals surface area contributed by atoms with Gasteiger partial charge in [-0.25, -0.2) is 0 Å². The van der Waals surface area contributed by atoms with E-state index in [1.807, 2.05) is 12.1 Å². The summed E-state index contributed by atoms with van der Waals surface area (Å²) in [5.74, 6) is 1.36. The van der Waals surface area contributed by atoms with Gasteiger partial charge in [-0.3, -0.25) is 10.2 Å². The number of nitrogens with one attached hydrogen (secondary N) is 2. The van der Waals surface area contributed by atoms with Crippen LogP contribution in [0.3, 0.4) is 0 Å². The highest BCUT2D eigenvalue weighted by Crippen LogP contribution is 2.79. The summed E-state index contributed by atoms with van der Waals surface area (Å²) in [5, 5.41) is 11.7. The second-order valence-corrected chi connectivity index (χ2v) is 19.7. The molecular weight excluding hydrogens is 587 g/mol. The third-order valence-electron chi connectivity index (χ3n) is 7.98. The van der Waals surface area contributed by atoms with Gasteiger partial charge in [0.05, 0.1) is 13.2 Å². The molecule has 4 heterocycles. The molecule has 0 atom stereocenters. The molecule has 0 saturated carbocycles. The zero-order valence-electron chi connectivity index (χ0n) is 24.1. The van der Waals surface area contributed by atoms with Crippen molar-refractivity contribution in [2.45, 2.75) is 27.7 Å². The summed E-state index contributed by atoms with van der Waals surface area (Å²) in [6, 6.07) is 24.9. The second kappa shape index (κ2) is 9.27. The minimum atomic E-state index is -3.42. The van der Waals surface area contributed by atoms with Crippen LogP contribution in [0.5, 0.6) is 11.5 Å². The van der Waals surface area contributed by atoms with Gasteiger partial charge in [0.1, 0.15) is 11.5 Å². The third-order valence-corrected chi connectivity index (χ3v) is 16.7. The molecule has 2 saturated heterocycles. The molecule has 0 amide bonds. The van der Waals surface area contributed by atoms with Crippen LogP contribution < -0.4 is 19.2 Å². The quantitative estimate of drug-likeness (QED) is 0.190. The first-order valence-corrected chi connectivity index (χ1v) is 19.0. The molecular formula is C30H34N5O4P3. The van der Waals surface area contributed by atoms with Crippen LogP contribution in [0.2, 0.25) is 0 Å². The highest BCUT2D eigenvalue weighted by molar-refractivity contribution is 7.80. The van der Waals surface area contributed by atoms with Crippen molar-refractivity contribution in [1.29, 1.82) is 0 Å². The normalized spacial score (nSPS) is 23.9. The van der Waals surface area contributed by atoms with E-state index in [2.05, 4.69) is 98.5 Å². The number of fused-ring (bicyclic) bond motifs is 7. The van der Waals surface area contributed by atoms with E-state index < -0.39 is 22.8 Å². The molecule has 8 rings (SSSR count). The van der Waals surface area contributed by atoms with Crippen LogP contribution in [0, 0.1) is 10.8 Å². The van der Waals surface area contributed by atoms with Gasteiger partial charge in [0, 0.05) is 29.6 Å². The summed E-state index contributed by atoms with van der Waals surface area (Å²) in [7, 11) is -9.31. The fourth-order valence-electron chi connectivity index (χ4n) is 5.64. The predicted molar refractivity (Wildman–Crippen MR) is 172 cm³/mol. The third kappa shape index (κ3) is 4.50. The highest BCUT2D eigenvalue weighted by Gasteiger charge is 2.49. The number of hydrogen-bond donors (Lipinski definition) is 2. The highest BCUT2D eigenvalue weighted by atomic mass is 31.3. The monoisotopic (exact) mass is 621 g/mol. The Labute approximate surface area is 246 Å². The molecule has 4 aliphatic heterocycles. The molecule has 3 spiro atoms. The number of nitrogens with zero attached hydrogens (tertiary/aromatic N) is 3. The van der Waals surface area contributed by atoms with Crippen LogP contribution in [-0.2, 0) is 9.05 Å². The van der Waals surface area contributed by atoms with Gasteiger partial charge in [0.25, 0.3) is 0 Å². The van der Waals surface area contributed by atoms with Gasteiger partial charge in [-0.05, 0) is 39.1 Å². The van der Waals surface area contributed by atoms with Gasteiger partial charge in [-0.1, -0.05) is 88.4 Å². The number of rotatable bonds is 0. The summed E-state index contributed by atoms with van der Waals surface area (Å²) in [5.41, 5.74) is 1.82. The maximum absolute atomic E-state index is 7.00. The zero-order chi connectivity index (χ0) is 28.8. The smallest absolute Gasteiger partial charge is 0.413 e. The van der Waals surface area contributed by atoms with E-state index >= 15 is 0 Å². The summed E-state index contributed by atoms with van der Waals surface area (Å²) < 4.78 is 42.7. The Bertz CT molecular complexity index is 1820. The van der Waals surface area contributed by atoms with Crippen molar-refractivity contribution < 1.29 is 18.1 Å². The molecule has 0 unspecified atom stereocenters. The number of hydrogen-bond acceptors (Lipinski definition) is 9. The van der Waals surface area contributed by atoms with Crippen LogP contribution in [0.15, 0.2) is 86.3 Å². The van der Waals surface area contributed by atoms with Gasteiger partial charge in [-0.15, -0.1) is 9.03 Å². The first kappa shape index (κ1) is 27.1. The molecule has 2 fully saturated rings. The Morgan fingerprint density at radius 2 is 1.12 bits per heavy atom. The number of benzene rings is 4. The molecule has 9 nitrogen and oxygen atoms in total. The summed E-state index contributed by atoms with van der Waals surface area (Å²) >= 11 is 0. The fourth-order valence-corrected chi connectivity index (χ4v) is 16.6. The summed E-state index contributed by atoms with van der Waals surface area (Å²) in [4.78, 5) is 0. The lowest BCUT2D eigenvalue weighted by Gasteiger charge is -2.42. The Hall–Kier alpha value is -2.47. The van der Waals surface area contributed by atoms with Crippen molar-refractivity contribution in [3.8, 4) is 22.6 Å². The molecule has 2 N–H and O–H groups in total. The first-order chi connectivity index (χ1) is 20.1. The maximum Gasteiger partial charge on any atom is 0.455 e. The topological polar surface area (TPSA) is 98.1 Å². The zero-order valence-corrected chi connectivity index (χ0v) is 26.8. The van der Waals surface area contributed by atoms with Crippen LogP contribution >= 0.6 is 22.8 Å². The van der Waals surface area contributed by atoms with Crippen molar-refractivity contribution in [2.24, 2.45) is 24.4 Å². The van der Waals surface area contributed by atoms with Crippen LogP contribution in [-0.4, -0.2) is 26.3 Å². The van der Waals surface area contributed by atoms with E-state index in [0.29, 0.717) is 24.7 Å². The summed E-state index contributed by atoms with van der Waals surface area (Å²) in [6.45, 7) is 11.1. The van der Waals surface area contributed by atoms with Crippen LogP contribution in [0.4, 0.5) is 0 Å². The molecule has 0 radical (unpaired) electrons. The van der Waals surface area contributed by atoms with Gasteiger partial charge in [-0.2, -0.15) is 4.52 Å². The van der Waals surface area contributed by atoms with Crippen molar-refractivity contribution in [1.82, 2.24) is 10.2 Å². The SMILES string of the molecule is CC1(C)CNP2(=NP3(=NP4(=N2)OCC(C)(C)CO4)Oc2ccc4ccccc4c2-c2c(ccc4ccccc24)O3)NC1. The molecule has 0 aromatic heterocycles. The molecule has 0 bridgehead atoms. The van der Waals surface area contributed by atoms with Gasteiger partial charge >= 0.3 is 15.3 Å². The van der Waals surface area contributed by atoms with E-state index in [1.165, 1.54) is 0 Å². The Balaban J connectivity index is 1.43. The lowest BCUT2D eigenvalue weighted by molar-refractivity contribution is 0.0565. The minimum Gasteiger partial charge on any atom is -0.413 e. The largest absolute Gasteiger partial charge is 0.455 e. The lowest BCUT2D eigenvalue weighted by atomic mass is 9.92. The Morgan fingerprint density at radius 1 is 0.595 bits per heavy atom. The van der Waals surface area contributed by atoms with Crippen molar-refractivity contribution in [2.75, 3.05) is 26.3 Å². The van der Waals surface area contributed by atoms with E-state index in [0.717, 1.165) is 45.8 Å². The average molecular weight is 622 g/mol. The molecule has 4 aliphatic rings. The van der Waals surface area contributed by atoms with E-state index in [-0.39, 0.29) is 10.8 Å². The standard InChI is InChI=1S/C30H34N5O4P3/c1-29(2)17-31-40(32-18-29)33-41(36-19-30(3,4)20-37-41)35-42(34-40)38-25-15-13-21-9-5-7-11-23(21)27(25)28-24-12-8-6-10-22(24)14-16-26(28)39-42/h5-16,31-32H,17-20H2,1-4H3. The van der Waals surface area contributed by atoms with E-state index in [9.17, 15) is 0 Å². The molecule has 42 heavy (non-hydrogen) atoms. The minimum absolute atomic E-state index is 0.0283. The maximum atomic E-state index is 7.00. The molecule has 218 valence electrons. The molecule has 4 aromatic rings. The van der Waals surface area contributed by atoms with E-state index in [4.69, 9.17) is 31.6 Å². The Kier molecular flexibility index (Phi) is 5.98. The fraction of sp³-hybridized carbons (Fsp3) is 0.333. The van der Waals surface area contributed by atoms with Gasteiger partial charge in [0.2, 0.25) is 7.51 Å². The van der Waals surface area contributed by atoms with E-state index in [1.54, 1.807) is 0 Å². The second-order valence-electron chi connectivity index (χ2n) is 12.9. The van der Waals surface area contributed by atoms with Crippen LogP contribution in [0.25, 0.3) is 32.7 Å². The van der Waals surface area contributed by atoms with Gasteiger partial charge < -0.3 is 18.1 Å². The van der Waals surface area contributed by atoms with Crippen LogP contribution in [0.1, 0.15) is 27.7 Å². The summed E-state index contributed by atoms with van der Waals surface area (Å²) in [6.07, 6.45) is 0. The molecule has 0 aliphatic carbocycles. The van der Waals surface area contributed by atoms with Crippen molar-refractivity contribution in [3.05, 3.63) is 72.8 Å². The Morgan fingerprint density at radius 3 is 1.67 bits per heavy atom. The van der Waals surface area contributed by atoms with Crippen molar-refractivity contribution in [3.63, 3.8) is 0 Å². The molecule has 4 aromatic carbocycles. The predicted octanol–water partition coefficient (Wildman–Crippen LogP) is 9.58. The average Bonchev–Trinajstić information content (AvgIpc) is 3.10. The van der Waals surface area contributed by atoms with Crippen molar-refractivity contribution >= 4 is 44.4 Å². The van der Waals surface area contributed by atoms with Gasteiger partial charge in [0.15, 0.2) is 0 Å². The first-order valence-electron chi connectivity index (χ1n) is 14.2. The lowest BCUT2D eigenvalue weighted by Crippen LogP contribution is -2.44.